The zero-order valence-corrected chi connectivity index (χ0v) is 23.3. The van der Waals surface area contributed by atoms with E-state index in [2.05, 4.69) is 14.7 Å². The average molecular weight is 638 g/mol. The second-order valence-corrected chi connectivity index (χ2v) is 10.4. The molecule has 3 aromatic carbocycles. The van der Waals surface area contributed by atoms with Gasteiger partial charge in [0.05, 0.1) is 17.2 Å². The number of alkyl halides is 6. The van der Waals surface area contributed by atoms with Gasteiger partial charge in [0.1, 0.15) is 17.3 Å². The zero-order valence-electron chi connectivity index (χ0n) is 22.5. The van der Waals surface area contributed by atoms with Crippen LogP contribution in [0.1, 0.15) is 17.4 Å². The van der Waals surface area contributed by atoms with Crippen molar-refractivity contribution >= 4 is 11.1 Å². The van der Waals surface area contributed by atoms with Gasteiger partial charge in [0.25, 0.3) is 0 Å². The molecule has 0 aliphatic heterocycles. The highest BCUT2D eigenvalue weighted by atomic mass is 32.2. The van der Waals surface area contributed by atoms with Crippen LogP contribution in [-0.2, 0) is 23.7 Å². The summed E-state index contributed by atoms with van der Waals surface area (Å²) in [5.74, 6) is -0.376. The van der Waals surface area contributed by atoms with Crippen LogP contribution >= 0.6 is 0 Å². The largest absolute Gasteiger partial charge is 0.573 e. The Kier molecular flexibility index (Phi) is 8.38. The van der Waals surface area contributed by atoms with Gasteiger partial charge in [-0.2, -0.15) is 13.2 Å². The number of oxazole rings is 1. The second-order valence-electron chi connectivity index (χ2n) is 9.38. The molecular weight excluding hydrogens is 616 g/mol. The summed E-state index contributed by atoms with van der Waals surface area (Å²) in [4.78, 5) is 8.26. The van der Waals surface area contributed by atoms with Crippen LogP contribution < -0.4 is 4.74 Å². The first kappa shape index (κ1) is 31.0. The number of aryl methyl sites for hydroxylation is 1. The van der Waals surface area contributed by atoms with Gasteiger partial charge in [-0.1, -0.05) is 18.2 Å². The third-order valence-corrected chi connectivity index (χ3v) is 7.06. The first-order chi connectivity index (χ1) is 20.7. The number of hydrogen-bond acceptors (Lipinski definition) is 6. The first-order valence-electron chi connectivity index (χ1n) is 12.7. The lowest BCUT2D eigenvalue weighted by Gasteiger charge is -2.14. The SMILES string of the molecule is Cc1nc(C(F)(F)F)cn1-c1ccc(-c2cccc(S(=O)O)c2)cc1-c1nc(CCO)oc1-c1ccc(OC(F)(F)F)cc1. The van der Waals surface area contributed by atoms with E-state index in [0.29, 0.717) is 11.1 Å². The topological polar surface area (TPSA) is 111 Å². The molecule has 0 amide bonds. The van der Waals surface area contributed by atoms with Crippen molar-refractivity contribution in [1.82, 2.24) is 14.5 Å². The highest BCUT2D eigenvalue weighted by molar-refractivity contribution is 7.79. The quantitative estimate of drug-likeness (QED) is 0.137. The van der Waals surface area contributed by atoms with Crippen LogP contribution in [0.5, 0.6) is 5.75 Å². The highest BCUT2D eigenvalue weighted by Crippen LogP contribution is 2.40. The molecule has 1 unspecified atom stereocenters. The van der Waals surface area contributed by atoms with Crippen LogP contribution in [0.4, 0.5) is 26.3 Å². The minimum atomic E-state index is -4.92. The highest BCUT2D eigenvalue weighted by Gasteiger charge is 2.35. The van der Waals surface area contributed by atoms with E-state index >= 15 is 0 Å². The molecule has 15 heteroatoms. The summed E-state index contributed by atoms with van der Waals surface area (Å²) in [6.07, 6.45) is -8.87. The molecule has 5 aromatic rings. The smallest absolute Gasteiger partial charge is 0.440 e. The Morgan fingerprint density at radius 3 is 2.23 bits per heavy atom. The van der Waals surface area contributed by atoms with Crippen LogP contribution in [-0.4, -0.2) is 41.4 Å². The lowest BCUT2D eigenvalue weighted by atomic mass is 9.98. The molecule has 0 aliphatic carbocycles. The Labute approximate surface area is 247 Å². The summed E-state index contributed by atoms with van der Waals surface area (Å²) in [5.41, 5.74) is 0.687. The number of aromatic nitrogens is 3. The molecule has 0 saturated carbocycles. The Balaban J connectivity index is 1.74. The van der Waals surface area contributed by atoms with Crippen LogP contribution in [0, 0.1) is 6.92 Å². The van der Waals surface area contributed by atoms with Crippen LogP contribution in [0.3, 0.4) is 0 Å². The van der Waals surface area contributed by atoms with Gasteiger partial charge < -0.3 is 23.4 Å². The van der Waals surface area contributed by atoms with E-state index in [9.17, 15) is 40.2 Å². The summed E-state index contributed by atoms with van der Waals surface area (Å²) in [6.45, 7) is 1.03. The van der Waals surface area contributed by atoms with E-state index in [0.717, 1.165) is 18.3 Å². The molecule has 0 spiro atoms. The Morgan fingerprint density at radius 1 is 0.932 bits per heavy atom. The number of hydrogen-bond donors (Lipinski definition) is 2. The summed E-state index contributed by atoms with van der Waals surface area (Å²) < 4.78 is 111. The summed E-state index contributed by atoms with van der Waals surface area (Å²) >= 11 is -2.28. The third-order valence-electron chi connectivity index (χ3n) is 6.40. The monoisotopic (exact) mass is 637 g/mol. The number of benzene rings is 3. The van der Waals surface area contributed by atoms with Gasteiger partial charge in [-0.15, -0.1) is 13.2 Å². The average Bonchev–Trinajstić information content (AvgIpc) is 3.56. The normalized spacial score (nSPS) is 12.8. The number of rotatable bonds is 8. The molecule has 0 radical (unpaired) electrons. The summed E-state index contributed by atoms with van der Waals surface area (Å²) in [6, 6.07) is 15.6. The molecule has 44 heavy (non-hydrogen) atoms. The van der Waals surface area contributed by atoms with Gasteiger partial charge in [0, 0.05) is 23.7 Å². The van der Waals surface area contributed by atoms with Crippen molar-refractivity contribution in [3.63, 3.8) is 0 Å². The number of ether oxygens (including phenoxy) is 1. The lowest BCUT2D eigenvalue weighted by molar-refractivity contribution is -0.274. The van der Waals surface area contributed by atoms with Gasteiger partial charge in [-0.3, -0.25) is 0 Å². The molecule has 0 fully saturated rings. The van der Waals surface area contributed by atoms with Crippen LogP contribution in [0.25, 0.3) is 39.4 Å². The molecule has 5 rings (SSSR count). The standard InChI is InChI=1S/C29H21F6N3O5S/c1-16-36-24(28(30,31)32)15-38(16)23-10-7-19(18-3-2-4-21(13-18)44(40)41)14-22(23)26-27(42-25(37-26)11-12-39)17-5-8-20(9-6-17)43-29(33,34)35/h2-10,13-15,39H,11-12H2,1H3,(H,40,41). The Bertz CT molecular complexity index is 1830. The molecule has 2 aromatic heterocycles. The van der Waals surface area contributed by atoms with E-state index in [1.807, 2.05) is 0 Å². The molecular formula is C29H21F6N3O5S. The van der Waals surface area contributed by atoms with E-state index in [1.54, 1.807) is 24.3 Å². The van der Waals surface area contributed by atoms with E-state index < -0.39 is 35.1 Å². The van der Waals surface area contributed by atoms with Crippen LogP contribution in [0.15, 0.2) is 82.2 Å². The lowest BCUT2D eigenvalue weighted by Crippen LogP contribution is -2.16. The van der Waals surface area contributed by atoms with Crippen LogP contribution in [0.2, 0.25) is 0 Å². The Hall–Kier alpha value is -4.47. The molecule has 2 heterocycles. The molecule has 0 aliphatic rings. The molecule has 0 bridgehead atoms. The molecule has 230 valence electrons. The van der Waals surface area contributed by atoms with Crippen molar-refractivity contribution in [2.75, 3.05) is 6.61 Å². The Morgan fingerprint density at radius 2 is 1.61 bits per heavy atom. The fourth-order valence-electron chi connectivity index (χ4n) is 4.51. The summed E-state index contributed by atoms with van der Waals surface area (Å²) in [5, 5.41) is 9.53. The molecule has 1 atom stereocenters. The van der Waals surface area contributed by atoms with Crippen molar-refractivity contribution in [3.8, 4) is 45.1 Å². The number of nitrogens with zero attached hydrogens (tertiary/aromatic N) is 3. The molecule has 0 saturated heterocycles. The fraction of sp³-hybridized carbons (Fsp3) is 0.172. The van der Waals surface area contributed by atoms with E-state index in [4.69, 9.17) is 4.42 Å². The fourth-order valence-corrected chi connectivity index (χ4v) is 4.93. The maximum absolute atomic E-state index is 13.6. The zero-order chi connectivity index (χ0) is 31.8. The number of aliphatic hydroxyl groups excluding tert-OH is 1. The second kappa shape index (κ2) is 11.9. The summed E-state index contributed by atoms with van der Waals surface area (Å²) in [7, 11) is 0. The number of halogens is 6. The number of aliphatic hydroxyl groups is 1. The minimum Gasteiger partial charge on any atom is -0.440 e. The van der Waals surface area contributed by atoms with Crippen molar-refractivity contribution in [2.24, 2.45) is 0 Å². The maximum Gasteiger partial charge on any atom is 0.573 e. The van der Waals surface area contributed by atoms with Gasteiger partial charge in [0.15, 0.2) is 28.4 Å². The van der Waals surface area contributed by atoms with Gasteiger partial charge in [-0.25, -0.2) is 14.2 Å². The predicted octanol–water partition coefficient (Wildman–Crippen LogP) is 7.20. The first-order valence-corrected chi connectivity index (χ1v) is 13.8. The van der Waals surface area contributed by atoms with Crippen molar-refractivity contribution in [3.05, 3.63) is 90.3 Å². The van der Waals surface area contributed by atoms with E-state index in [-0.39, 0.29) is 57.9 Å². The van der Waals surface area contributed by atoms with Gasteiger partial charge >= 0.3 is 12.5 Å². The third kappa shape index (κ3) is 6.69. The van der Waals surface area contributed by atoms with Gasteiger partial charge in [-0.05, 0) is 66.6 Å². The minimum absolute atomic E-state index is 0.00159. The van der Waals surface area contributed by atoms with E-state index in [1.165, 1.54) is 41.8 Å². The maximum atomic E-state index is 13.6. The van der Waals surface area contributed by atoms with Gasteiger partial charge in [0.2, 0.25) is 0 Å². The van der Waals surface area contributed by atoms with Crippen molar-refractivity contribution in [2.45, 2.75) is 30.8 Å². The molecule has 8 nitrogen and oxygen atoms in total. The van der Waals surface area contributed by atoms with Crippen molar-refractivity contribution < 1.29 is 49.4 Å². The van der Waals surface area contributed by atoms with Crippen molar-refractivity contribution in [1.29, 1.82) is 0 Å². The predicted molar refractivity (Wildman–Crippen MR) is 146 cm³/mol. The number of imidazole rings is 1. The molecule has 2 N–H and O–H groups in total.